The van der Waals surface area contributed by atoms with Crippen LogP contribution in [-0.2, 0) is 4.79 Å². The van der Waals surface area contributed by atoms with E-state index in [9.17, 15) is 26.7 Å². The average molecular weight is 440 g/mol. The molecule has 0 bridgehead atoms. The Kier molecular flexibility index (Phi) is 5.29. The molecule has 2 aliphatic heterocycles. The van der Waals surface area contributed by atoms with Gasteiger partial charge in [-0.05, 0) is 26.1 Å². The van der Waals surface area contributed by atoms with E-state index in [-0.39, 0.29) is 22.1 Å². The van der Waals surface area contributed by atoms with Crippen LogP contribution in [0.25, 0.3) is 6.08 Å². The van der Waals surface area contributed by atoms with Crippen LogP contribution in [0.3, 0.4) is 0 Å². The summed E-state index contributed by atoms with van der Waals surface area (Å²) in [5, 5.41) is 3.86. The van der Waals surface area contributed by atoms with Crippen LogP contribution in [-0.4, -0.2) is 49.7 Å². The Morgan fingerprint density at radius 3 is 2.13 bits per heavy atom. The van der Waals surface area contributed by atoms with Crippen LogP contribution in [0.15, 0.2) is 27.2 Å². The SMILES string of the molecule is CC1=NN(c2c(F)c(F)c(F)c(F)c2F)C(=O)/C1=C/c1ccc(N2CCN(C)CC2)o1. The maximum absolute atomic E-state index is 14.1. The molecule has 0 N–H and O–H groups in total. The Balaban J connectivity index is 1.63. The fourth-order valence-electron chi connectivity index (χ4n) is 3.37. The minimum absolute atomic E-state index is 0.0338. The fourth-order valence-corrected chi connectivity index (χ4v) is 3.37. The standard InChI is InChI=1S/C20H17F5N4O2/c1-10-12(9-11-3-4-13(31-11)28-7-5-27(2)6-8-28)20(30)29(26-10)19-17(24)15(22)14(21)16(23)18(19)25/h3-4,9H,5-8H2,1-2H3/b12-9+. The lowest BCUT2D eigenvalue weighted by atomic mass is 10.1. The van der Waals surface area contributed by atoms with Crippen LogP contribution in [0.2, 0.25) is 0 Å². The molecule has 1 amide bonds. The lowest BCUT2D eigenvalue weighted by molar-refractivity contribution is -0.114. The second kappa shape index (κ2) is 7.80. The molecule has 164 valence electrons. The van der Waals surface area contributed by atoms with Gasteiger partial charge in [0, 0.05) is 32.2 Å². The Morgan fingerprint density at radius 2 is 1.52 bits per heavy atom. The molecule has 0 radical (unpaired) electrons. The van der Waals surface area contributed by atoms with Crippen LogP contribution >= 0.6 is 0 Å². The Hall–Kier alpha value is -3.21. The molecular weight excluding hydrogens is 423 g/mol. The van der Waals surface area contributed by atoms with Crippen LogP contribution in [0.4, 0.5) is 33.5 Å². The van der Waals surface area contributed by atoms with E-state index in [1.807, 2.05) is 11.9 Å². The molecule has 1 saturated heterocycles. The number of benzene rings is 1. The summed E-state index contributed by atoms with van der Waals surface area (Å²) in [6, 6.07) is 3.34. The Morgan fingerprint density at radius 1 is 0.935 bits per heavy atom. The summed E-state index contributed by atoms with van der Waals surface area (Å²) in [6.07, 6.45) is 1.31. The molecule has 6 nitrogen and oxygen atoms in total. The van der Waals surface area contributed by atoms with Crippen molar-refractivity contribution < 1.29 is 31.2 Å². The molecule has 3 heterocycles. The average Bonchev–Trinajstić information content (AvgIpc) is 3.32. The zero-order valence-electron chi connectivity index (χ0n) is 16.6. The summed E-state index contributed by atoms with van der Waals surface area (Å²) < 4.78 is 74.4. The monoisotopic (exact) mass is 440 g/mol. The maximum Gasteiger partial charge on any atom is 0.280 e. The smallest absolute Gasteiger partial charge is 0.280 e. The molecule has 31 heavy (non-hydrogen) atoms. The minimum Gasteiger partial charge on any atom is -0.441 e. The third kappa shape index (κ3) is 3.58. The highest BCUT2D eigenvalue weighted by atomic mass is 19.2. The van der Waals surface area contributed by atoms with E-state index in [2.05, 4.69) is 10.0 Å². The van der Waals surface area contributed by atoms with Crippen molar-refractivity contribution in [2.45, 2.75) is 6.92 Å². The number of halogens is 5. The van der Waals surface area contributed by atoms with E-state index in [1.54, 1.807) is 12.1 Å². The normalized spacial score (nSPS) is 19.0. The molecule has 2 aliphatic rings. The van der Waals surface area contributed by atoms with Gasteiger partial charge in [-0.3, -0.25) is 4.79 Å². The molecule has 11 heteroatoms. The van der Waals surface area contributed by atoms with Crippen LogP contribution in [0.5, 0.6) is 0 Å². The van der Waals surface area contributed by atoms with Gasteiger partial charge in [-0.2, -0.15) is 10.1 Å². The third-order valence-electron chi connectivity index (χ3n) is 5.18. The van der Waals surface area contributed by atoms with Crippen molar-refractivity contribution in [1.29, 1.82) is 0 Å². The number of amides is 1. The number of likely N-dealkylation sites (N-methyl/N-ethyl adjacent to an activating group) is 1. The van der Waals surface area contributed by atoms with Crippen molar-refractivity contribution in [3.8, 4) is 0 Å². The number of hydrogen-bond donors (Lipinski definition) is 0. The summed E-state index contributed by atoms with van der Waals surface area (Å²) in [5.74, 6) is -11.1. The van der Waals surface area contributed by atoms with Gasteiger partial charge in [0.1, 0.15) is 11.4 Å². The van der Waals surface area contributed by atoms with Gasteiger partial charge in [0.25, 0.3) is 5.91 Å². The van der Waals surface area contributed by atoms with Crippen LogP contribution in [0, 0.1) is 29.1 Å². The van der Waals surface area contributed by atoms with Crippen molar-refractivity contribution in [2.75, 3.05) is 43.1 Å². The highest BCUT2D eigenvalue weighted by Crippen LogP contribution is 2.34. The number of piperazine rings is 1. The quantitative estimate of drug-likeness (QED) is 0.317. The summed E-state index contributed by atoms with van der Waals surface area (Å²) in [6.45, 7) is 4.61. The number of carbonyl (C=O) groups is 1. The molecule has 1 fully saturated rings. The predicted molar refractivity (Wildman–Crippen MR) is 103 cm³/mol. The zero-order chi connectivity index (χ0) is 22.4. The largest absolute Gasteiger partial charge is 0.441 e. The van der Waals surface area contributed by atoms with Gasteiger partial charge in [0.05, 0.1) is 11.3 Å². The second-order valence-corrected chi connectivity index (χ2v) is 7.25. The molecule has 1 aromatic heterocycles. The van der Waals surface area contributed by atoms with E-state index < -0.39 is 40.7 Å². The van der Waals surface area contributed by atoms with Gasteiger partial charge in [-0.25, -0.2) is 22.0 Å². The van der Waals surface area contributed by atoms with Gasteiger partial charge in [-0.15, -0.1) is 0 Å². The highest BCUT2D eigenvalue weighted by Gasteiger charge is 2.37. The van der Waals surface area contributed by atoms with Crippen molar-refractivity contribution in [1.82, 2.24) is 4.90 Å². The summed E-state index contributed by atoms with van der Waals surface area (Å²) in [4.78, 5) is 16.9. The number of hydrazone groups is 1. The molecular formula is C20H17F5N4O2. The van der Waals surface area contributed by atoms with Crippen molar-refractivity contribution >= 4 is 29.3 Å². The number of nitrogens with zero attached hydrogens (tertiary/aromatic N) is 4. The second-order valence-electron chi connectivity index (χ2n) is 7.25. The number of carbonyl (C=O) groups excluding carboxylic acids is 1. The molecule has 4 rings (SSSR count). The maximum atomic E-state index is 14.1. The van der Waals surface area contributed by atoms with Gasteiger partial charge in [0.2, 0.25) is 5.82 Å². The highest BCUT2D eigenvalue weighted by molar-refractivity contribution is 6.32. The first kappa shape index (κ1) is 21.0. The molecule has 1 aromatic carbocycles. The molecule has 0 unspecified atom stereocenters. The molecule has 0 spiro atoms. The molecule has 0 saturated carbocycles. The predicted octanol–water partition coefficient (Wildman–Crippen LogP) is 3.53. The van der Waals surface area contributed by atoms with Crippen LogP contribution < -0.4 is 9.91 Å². The minimum atomic E-state index is -2.31. The Labute approximate surface area is 173 Å². The number of hydrogen-bond acceptors (Lipinski definition) is 5. The van der Waals surface area contributed by atoms with Crippen LogP contribution in [0.1, 0.15) is 12.7 Å². The first-order chi connectivity index (χ1) is 14.7. The van der Waals surface area contributed by atoms with E-state index >= 15 is 0 Å². The molecule has 2 aromatic rings. The van der Waals surface area contributed by atoms with Gasteiger partial charge >= 0.3 is 0 Å². The van der Waals surface area contributed by atoms with E-state index in [4.69, 9.17) is 4.42 Å². The van der Waals surface area contributed by atoms with Gasteiger partial charge in [0.15, 0.2) is 29.2 Å². The van der Waals surface area contributed by atoms with Gasteiger partial charge in [-0.1, -0.05) is 0 Å². The lowest BCUT2D eigenvalue weighted by Crippen LogP contribution is -2.44. The van der Waals surface area contributed by atoms with Crippen molar-refractivity contribution in [3.63, 3.8) is 0 Å². The zero-order valence-corrected chi connectivity index (χ0v) is 16.6. The Bertz CT molecular complexity index is 1090. The van der Waals surface area contributed by atoms with Crippen molar-refractivity contribution in [3.05, 3.63) is 52.6 Å². The lowest BCUT2D eigenvalue weighted by Gasteiger charge is -2.32. The number of rotatable bonds is 3. The summed E-state index contributed by atoms with van der Waals surface area (Å²) in [7, 11) is 2.01. The van der Waals surface area contributed by atoms with E-state index in [1.165, 1.54) is 13.0 Å². The first-order valence-electron chi connectivity index (χ1n) is 9.35. The third-order valence-corrected chi connectivity index (χ3v) is 5.18. The first-order valence-corrected chi connectivity index (χ1v) is 9.35. The summed E-state index contributed by atoms with van der Waals surface area (Å²) in [5.41, 5.74) is -1.49. The van der Waals surface area contributed by atoms with Gasteiger partial charge < -0.3 is 14.2 Å². The van der Waals surface area contributed by atoms with E-state index in [0.717, 1.165) is 26.2 Å². The fraction of sp³-hybridized carbons (Fsp3) is 0.300. The number of furan rings is 1. The molecule has 0 aliphatic carbocycles. The van der Waals surface area contributed by atoms with Crippen molar-refractivity contribution in [2.24, 2.45) is 5.10 Å². The topological polar surface area (TPSA) is 52.3 Å². The number of anilines is 2. The molecule has 0 atom stereocenters. The summed E-state index contributed by atoms with van der Waals surface area (Å²) >= 11 is 0. The van der Waals surface area contributed by atoms with E-state index in [0.29, 0.717) is 5.88 Å².